The van der Waals surface area contributed by atoms with Gasteiger partial charge < -0.3 is 9.30 Å². The van der Waals surface area contributed by atoms with Gasteiger partial charge in [-0.2, -0.15) is 0 Å². The molecule has 0 radical (unpaired) electrons. The Morgan fingerprint density at radius 2 is 1.65 bits per heavy atom. The maximum atomic E-state index is 13.1. The number of unbranched alkanes of at least 4 members (excludes halogenated alkanes) is 1. The van der Waals surface area contributed by atoms with E-state index in [1.165, 1.54) is 11.6 Å². The van der Waals surface area contributed by atoms with E-state index < -0.39 is 11.3 Å². The molecule has 0 aliphatic heterocycles. The Kier molecular flexibility index (Phi) is 7.21. The van der Waals surface area contributed by atoms with Gasteiger partial charge in [-0.1, -0.05) is 55.8 Å². The largest absolute Gasteiger partial charge is 0.456 e. The molecule has 8 nitrogen and oxygen atoms in total. The van der Waals surface area contributed by atoms with E-state index >= 15 is 0 Å². The molecule has 0 unspecified atom stereocenters. The van der Waals surface area contributed by atoms with Crippen LogP contribution in [0.1, 0.15) is 62.3 Å². The van der Waals surface area contributed by atoms with E-state index in [4.69, 9.17) is 9.72 Å². The van der Waals surface area contributed by atoms with Crippen LogP contribution in [0, 0.1) is 0 Å². The number of benzene rings is 2. The van der Waals surface area contributed by atoms with Crippen molar-refractivity contribution in [3.63, 3.8) is 0 Å². The van der Waals surface area contributed by atoms with E-state index in [1.54, 1.807) is 13.1 Å². The number of aryl methyl sites for hydroxylation is 2. The summed E-state index contributed by atoms with van der Waals surface area (Å²) in [6.07, 6.45) is 2.63. The van der Waals surface area contributed by atoms with Crippen molar-refractivity contribution in [3.05, 3.63) is 86.3 Å². The van der Waals surface area contributed by atoms with E-state index in [1.807, 2.05) is 67.8 Å². The van der Waals surface area contributed by atoms with Crippen LogP contribution in [0.15, 0.2) is 58.1 Å². The number of esters is 1. The van der Waals surface area contributed by atoms with E-state index in [9.17, 15) is 14.4 Å². The third-order valence-corrected chi connectivity index (χ3v) is 6.33. The van der Waals surface area contributed by atoms with E-state index in [2.05, 4.69) is 6.92 Å². The lowest BCUT2D eigenvalue weighted by Crippen LogP contribution is -2.37. The van der Waals surface area contributed by atoms with Crippen LogP contribution < -0.4 is 11.2 Å². The van der Waals surface area contributed by atoms with Crippen LogP contribution in [0.3, 0.4) is 0 Å². The molecule has 0 bridgehead atoms. The molecule has 0 aliphatic carbocycles. The molecule has 2 aromatic carbocycles. The van der Waals surface area contributed by atoms with Crippen molar-refractivity contribution in [2.75, 3.05) is 0 Å². The zero-order chi connectivity index (χ0) is 26.9. The lowest BCUT2D eigenvalue weighted by molar-refractivity contribution is 0.00704. The summed E-state index contributed by atoms with van der Waals surface area (Å²) in [5.74, 6) is 0.425. The van der Waals surface area contributed by atoms with Gasteiger partial charge in [0.05, 0.1) is 5.56 Å². The number of ether oxygens (including phenoxy) is 1. The highest BCUT2D eigenvalue weighted by Gasteiger charge is 2.21. The molecule has 0 saturated carbocycles. The first-order chi connectivity index (χ1) is 17.5. The summed E-state index contributed by atoms with van der Waals surface area (Å²) in [7, 11) is 3.13. The van der Waals surface area contributed by atoms with Gasteiger partial charge in [-0.05, 0) is 49.9 Å². The minimum atomic E-state index is -0.586. The fraction of sp³-hybridized carbons (Fsp3) is 0.379. The summed E-state index contributed by atoms with van der Waals surface area (Å²) >= 11 is 0. The van der Waals surface area contributed by atoms with Crippen LogP contribution >= 0.6 is 0 Å². The standard InChI is InChI=1S/C29H34N4O4/c1-7-8-13-23-30-25-24(26(34)32(6)28(36)31(25)5)33(23)18-19-14-16-20(17-15-19)21-11-9-10-12-22(21)27(35)37-29(2,3)4/h9-12,14-17H,7-8,13,18H2,1-6H3. The minimum Gasteiger partial charge on any atom is -0.456 e. The quantitative estimate of drug-likeness (QED) is 0.349. The van der Waals surface area contributed by atoms with Crippen molar-refractivity contribution >= 4 is 17.1 Å². The average Bonchev–Trinajstić information content (AvgIpc) is 3.22. The number of carbonyl (C=O) groups excluding carboxylic acids is 1. The van der Waals surface area contributed by atoms with Crippen molar-refractivity contribution in [1.29, 1.82) is 0 Å². The van der Waals surface area contributed by atoms with Gasteiger partial charge in [0.15, 0.2) is 11.2 Å². The predicted octanol–water partition coefficient (Wildman–Crippen LogP) is 4.45. The Morgan fingerprint density at radius 3 is 2.30 bits per heavy atom. The van der Waals surface area contributed by atoms with Crippen LogP contribution in [0.4, 0.5) is 0 Å². The van der Waals surface area contributed by atoms with Crippen LogP contribution in [-0.4, -0.2) is 30.3 Å². The summed E-state index contributed by atoms with van der Waals surface area (Å²) in [6, 6.07) is 15.3. The second-order valence-electron chi connectivity index (χ2n) is 10.3. The van der Waals surface area contributed by atoms with Gasteiger partial charge in [0.25, 0.3) is 5.56 Å². The molecule has 4 aromatic rings. The van der Waals surface area contributed by atoms with Gasteiger partial charge in [0.2, 0.25) is 0 Å². The molecule has 0 fully saturated rings. The third kappa shape index (κ3) is 5.28. The average molecular weight is 503 g/mol. The first-order valence-electron chi connectivity index (χ1n) is 12.6. The number of nitrogens with zero attached hydrogens (tertiary/aromatic N) is 4. The maximum Gasteiger partial charge on any atom is 0.339 e. The molecule has 0 N–H and O–H groups in total. The van der Waals surface area contributed by atoms with Crippen LogP contribution in [0.25, 0.3) is 22.3 Å². The Bertz CT molecular complexity index is 1570. The molecule has 2 aromatic heterocycles. The monoisotopic (exact) mass is 502 g/mol. The molecule has 8 heteroatoms. The minimum absolute atomic E-state index is 0.351. The van der Waals surface area contributed by atoms with Crippen LogP contribution in [0.5, 0.6) is 0 Å². The number of hydrogen-bond donors (Lipinski definition) is 0. The number of fused-ring (bicyclic) bond motifs is 1. The topological polar surface area (TPSA) is 88.1 Å². The van der Waals surface area contributed by atoms with E-state index in [0.717, 1.165) is 39.9 Å². The highest BCUT2D eigenvalue weighted by atomic mass is 16.6. The van der Waals surface area contributed by atoms with E-state index in [0.29, 0.717) is 29.7 Å². The second-order valence-corrected chi connectivity index (χ2v) is 10.3. The third-order valence-electron chi connectivity index (χ3n) is 6.33. The molecule has 0 atom stereocenters. The molecule has 37 heavy (non-hydrogen) atoms. The molecule has 0 spiro atoms. The number of hydrogen-bond acceptors (Lipinski definition) is 5. The Balaban J connectivity index is 1.73. The first kappa shape index (κ1) is 26.1. The van der Waals surface area contributed by atoms with Crippen molar-refractivity contribution in [2.45, 2.75) is 59.1 Å². The number of carbonyl (C=O) groups is 1. The zero-order valence-electron chi connectivity index (χ0n) is 22.4. The van der Waals surface area contributed by atoms with Crippen LogP contribution in [-0.2, 0) is 31.8 Å². The lowest BCUT2D eigenvalue weighted by atomic mass is 9.98. The molecule has 0 aliphatic rings. The number of aromatic nitrogens is 4. The smallest absolute Gasteiger partial charge is 0.339 e. The summed E-state index contributed by atoms with van der Waals surface area (Å²) in [6.45, 7) is 8.10. The molecule has 0 saturated heterocycles. The zero-order valence-corrected chi connectivity index (χ0v) is 22.4. The van der Waals surface area contributed by atoms with Crippen LogP contribution in [0.2, 0.25) is 0 Å². The lowest BCUT2D eigenvalue weighted by Gasteiger charge is -2.20. The fourth-order valence-corrected chi connectivity index (χ4v) is 4.41. The molecule has 2 heterocycles. The highest BCUT2D eigenvalue weighted by Crippen LogP contribution is 2.27. The normalized spacial score (nSPS) is 11.7. The van der Waals surface area contributed by atoms with E-state index in [-0.39, 0.29) is 11.5 Å². The van der Waals surface area contributed by atoms with Crippen molar-refractivity contribution in [3.8, 4) is 11.1 Å². The molecular formula is C29H34N4O4. The van der Waals surface area contributed by atoms with Gasteiger partial charge in [-0.25, -0.2) is 14.6 Å². The Labute approximate surface area is 216 Å². The summed E-state index contributed by atoms with van der Waals surface area (Å²) in [5, 5.41) is 0. The molecule has 4 rings (SSSR count). The summed E-state index contributed by atoms with van der Waals surface area (Å²) in [4.78, 5) is 43.0. The van der Waals surface area contributed by atoms with Gasteiger partial charge in [-0.15, -0.1) is 0 Å². The molecule has 0 amide bonds. The second kappa shape index (κ2) is 10.2. The predicted molar refractivity (Wildman–Crippen MR) is 145 cm³/mol. The number of imidazole rings is 1. The first-order valence-corrected chi connectivity index (χ1v) is 12.6. The van der Waals surface area contributed by atoms with Crippen molar-refractivity contribution in [1.82, 2.24) is 18.7 Å². The summed E-state index contributed by atoms with van der Waals surface area (Å²) in [5.41, 5.74) is 2.68. The number of rotatable bonds is 7. The molecular weight excluding hydrogens is 468 g/mol. The fourth-order valence-electron chi connectivity index (χ4n) is 4.41. The molecule has 194 valence electrons. The Morgan fingerprint density at radius 1 is 0.973 bits per heavy atom. The van der Waals surface area contributed by atoms with Gasteiger partial charge >= 0.3 is 11.7 Å². The Hall–Kier alpha value is -3.94. The van der Waals surface area contributed by atoms with Gasteiger partial charge in [-0.3, -0.25) is 13.9 Å². The SMILES string of the molecule is CCCCc1nc2c(c(=O)n(C)c(=O)n2C)n1Cc1ccc(-c2ccccc2C(=O)OC(C)(C)C)cc1. The summed E-state index contributed by atoms with van der Waals surface area (Å²) < 4.78 is 10.1. The van der Waals surface area contributed by atoms with Gasteiger partial charge in [0.1, 0.15) is 11.4 Å². The van der Waals surface area contributed by atoms with Crippen molar-refractivity contribution < 1.29 is 9.53 Å². The maximum absolute atomic E-state index is 13.1. The highest BCUT2D eigenvalue weighted by molar-refractivity contribution is 5.97. The van der Waals surface area contributed by atoms with Crippen molar-refractivity contribution in [2.24, 2.45) is 14.1 Å². The van der Waals surface area contributed by atoms with Gasteiger partial charge in [0, 0.05) is 27.1 Å².